The molecule has 1 aromatic heterocycles. The molecule has 110 valence electrons. The van der Waals surface area contributed by atoms with Crippen LogP contribution < -0.4 is 5.32 Å². The summed E-state index contributed by atoms with van der Waals surface area (Å²) < 4.78 is 2.44. The van der Waals surface area contributed by atoms with Gasteiger partial charge in [0.05, 0.1) is 17.1 Å². The molecule has 0 spiro atoms. The van der Waals surface area contributed by atoms with Crippen molar-refractivity contribution in [2.24, 2.45) is 0 Å². The molecular formula is C17H21N3S. The molecule has 0 amide bonds. The summed E-state index contributed by atoms with van der Waals surface area (Å²) in [5.41, 5.74) is 1.49. The first-order valence-electron chi connectivity index (χ1n) is 7.73. The minimum absolute atomic E-state index is 0.462. The fourth-order valence-electron chi connectivity index (χ4n) is 3.61. The van der Waals surface area contributed by atoms with Crippen molar-refractivity contribution in [3.05, 3.63) is 48.2 Å². The second-order valence-electron chi connectivity index (χ2n) is 5.86. The Kier molecular flexibility index (Phi) is 3.53. The van der Waals surface area contributed by atoms with Crippen LogP contribution in [0.15, 0.2) is 52.5 Å². The molecule has 4 rings (SSSR count). The fraction of sp³-hybridized carbons (Fsp3) is 0.412. The summed E-state index contributed by atoms with van der Waals surface area (Å²) in [7, 11) is 0. The van der Waals surface area contributed by atoms with Gasteiger partial charge in [-0.25, -0.2) is 0 Å². The topological polar surface area (TPSA) is 20.2 Å². The molecule has 0 radical (unpaired) electrons. The van der Waals surface area contributed by atoms with E-state index in [9.17, 15) is 0 Å². The van der Waals surface area contributed by atoms with Crippen LogP contribution in [-0.4, -0.2) is 35.6 Å². The van der Waals surface area contributed by atoms with Crippen molar-refractivity contribution in [2.75, 3.05) is 26.2 Å². The van der Waals surface area contributed by atoms with E-state index in [0.717, 1.165) is 26.2 Å². The molecule has 0 bridgehead atoms. The maximum Gasteiger partial charge on any atom is 0.0799 e. The van der Waals surface area contributed by atoms with Gasteiger partial charge in [0.15, 0.2) is 0 Å². The highest BCUT2D eigenvalue weighted by Gasteiger charge is 2.33. The molecule has 2 atom stereocenters. The quantitative estimate of drug-likeness (QED) is 0.873. The molecule has 0 aliphatic carbocycles. The summed E-state index contributed by atoms with van der Waals surface area (Å²) in [5, 5.41) is 4.82. The molecule has 0 saturated carbocycles. The minimum atomic E-state index is 0.462. The van der Waals surface area contributed by atoms with Crippen LogP contribution >= 0.6 is 11.8 Å². The van der Waals surface area contributed by atoms with E-state index in [1.165, 1.54) is 15.5 Å². The van der Waals surface area contributed by atoms with Gasteiger partial charge in [0.2, 0.25) is 0 Å². The van der Waals surface area contributed by atoms with Crippen molar-refractivity contribution in [3.63, 3.8) is 0 Å². The number of aromatic nitrogens is 1. The van der Waals surface area contributed by atoms with E-state index in [0.29, 0.717) is 12.1 Å². The lowest BCUT2D eigenvalue weighted by molar-refractivity contribution is 0.129. The lowest BCUT2D eigenvalue weighted by Gasteiger charge is -2.38. The molecule has 1 fully saturated rings. The molecule has 2 aliphatic rings. The number of benzene rings is 1. The van der Waals surface area contributed by atoms with Crippen LogP contribution in [0.25, 0.3) is 0 Å². The summed E-state index contributed by atoms with van der Waals surface area (Å²) in [5.74, 6) is 0. The van der Waals surface area contributed by atoms with E-state index in [1.54, 1.807) is 0 Å². The first-order chi connectivity index (χ1) is 10.3. The number of rotatable bonds is 1. The summed E-state index contributed by atoms with van der Waals surface area (Å²) in [6, 6.07) is 14.3. The van der Waals surface area contributed by atoms with Crippen molar-refractivity contribution in [1.82, 2.24) is 14.8 Å². The molecule has 1 N–H and O–H groups in total. The number of hydrogen-bond donors (Lipinski definition) is 1. The maximum absolute atomic E-state index is 3.47. The number of nitrogens with zero attached hydrogens (tertiary/aromatic N) is 2. The molecule has 1 saturated heterocycles. The zero-order valence-electron chi connectivity index (χ0n) is 12.3. The van der Waals surface area contributed by atoms with Gasteiger partial charge in [-0.2, -0.15) is 0 Å². The molecule has 2 aromatic rings. The molecular weight excluding hydrogens is 278 g/mol. The summed E-state index contributed by atoms with van der Waals surface area (Å²) in [6.45, 7) is 6.81. The Hall–Kier alpha value is -1.23. The standard InChI is InChI=1S/C17H21N3S/c1-13-17(19-11-8-18-9-12-19)14-5-2-3-6-15(14)21-16-7-4-10-20(13)16/h2-7,10,13,17-18H,8-9,11-12H2,1H3. The number of hydrogen-bond acceptors (Lipinski definition) is 3. The van der Waals surface area contributed by atoms with Crippen LogP contribution in [0.3, 0.4) is 0 Å². The predicted octanol–water partition coefficient (Wildman–Crippen LogP) is 3.16. The Morgan fingerprint density at radius 2 is 1.90 bits per heavy atom. The largest absolute Gasteiger partial charge is 0.338 e. The Balaban J connectivity index is 1.82. The van der Waals surface area contributed by atoms with Gasteiger partial charge in [-0.15, -0.1) is 0 Å². The zero-order valence-corrected chi connectivity index (χ0v) is 13.1. The lowest BCUT2D eigenvalue weighted by atomic mass is 9.97. The smallest absolute Gasteiger partial charge is 0.0799 e. The molecule has 2 aliphatic heterocycles. The van der Waals surface area contributed by atoms with Crippen LogP contribution in [0, 0.1) is 0 Å². The molecule has 2 unspecified atom stereocenters. The second-order valence-corrected chi connectivity index (χ2v) is 6.93. The third kappa shape index (κ3) is 2.31. The Morgan fingerprint density at radius 3 is 2.76 bits per heavy atom. The van der Waals surface area contributed by atoms with E-state index in [2.05, 4.69) is 64.3 Å². The van der Waals surface area contributed by atoms with Gasteiger partial charge in [-0.05, 0) is 30.7 Å². The van der Waals surface area contributed by atoms with Gasteiger partial charge in [-0.1, -0.05) is 30.0 Å². The molecule has 4 heteroatoms. The number of nitrogens with one attached hydrogen (secondary N) is 1. The average Bonchev–Trinajstić information content (AvgIpc) is 2.94. The van der Waals surface area contributed by atoms with Gasteiger partial charge < -0.3 is 9.88 Å². The number of fused-ring (bicyclic) bond motifs is 2. The normalized spacial score (nSPS) is 26.0. The van der Waals surface area contributed by atoms with E-state index in [1.807, 2.05) is 11.8 Å². The van der Waals surface area contributed by atoms with Crippen molar-refractivity contribution >= 4 is 11.8 Å². The molecule has 3 nitrogen and oxygen atoms in total. The van der Waals surface area contributed by atoms with Crippen molar-refractivity contribution in [2.45, 2.75) is 28.9 Å². The van der Waals surface area contributed by atoms with E-state index in [4.69, 9.17) is 0 Å². The van der Waals surface area contributed by atoms with E-state index < -0.39 is 0 Å². The van der Waals surface area contributed by atoms with Gasteiger partial charge in [-0.3, -0.25) is 4.90 Å². The van der Waals surface area contributed by atoms with Crippen LogP contribution in [-0.2, 0) is 0 Å². The van der Waals surface area contributed by atoms with Crippen LogP contribution in [0.5, 0.6) is 0 Å². The Bertz CT molecular complexity index is 630. The van der Waals surface area contributed by atoms with Gasteiger partial charge in [0, 0.05) is 37.3 Å². The fourth-order valence-corrected chi connectivity index (χ4v) is 4.76. The van der Waals surface area contributed by atoms with Crippen LogP contribution in [0.1, 0.15) is 24.6 Å². The first kappa shape index (κ1) is 13.4. The summed E-state index contributed by atoms with van der Waals surface area (Å²) in [6.07, 6.45) is 2.23. The highest BCUT2D eigenvalue weighted by Crippen LogP contribution is 2.45. The average molecular weight is 299 g/mol. The lowest BCUT2D eigenvalue weighted by Crippen LogP contribution is -2.46. The van der Waals surface area contributed by atoms with Crippen LogP contribution in [0.4, 0.5) is 0 Å². The minimum Gasteiger partial charge on any atom is -0.338 e. The maximum atomic E-state index is 3.47. The third-order valence-electron chi connectivity index (χ3n) is 4.63. The highest BCUT2D eigenvalue weighted by molar-refractivity contribution is 7.99. The highest BCUT2D eigenvalue weighted by atomic mass is 32.2. The first-order valence-corrected chi connectivity index (χ1v) is 8.54. The SMILES string of the molecule is CC1C(N2CCNCC2)c2ccccc2Sc2cccn21. The van der Waals surface area contributed by atoms with E-state index >= 15 is 0 Å². The Morgan fingerprint density at radius 1 is 1.10 bits per heavy atom. The molecule has 21 heavy (non-hydrogen) atoms. The van der Waals surface area contributed by atoms with Gasteiger partial charge >= 0.3 is 0 Å². The van der Waals surface area contributed by atoms with Crippen molar-refractivity contribution < 1.29 is 0 Å². The summed E-state index contributed by atoms with van der Waals surface area (Å²) >= 11 is 1.90. The summed E-state index contributed by atoms with van der Waals surface area (Å²) in [4.78, 5) is 4.06. The van der Waals surface area contributed by atoms with Crippen molar-refractivity contribution in [3.8, 4) is 0 Å². The number of piperazine rings is 1. The molecule has 3 heterocycles. The predicted molar refractivity (Wildman–Crippen MR) is 86.9 cm³/mol. The second kappa shape index (κ2) is 5.52. The van der Waals surface area contributed by atoms with Gasteiger partial charge in [0.1, 0.15) is 0 Å². The Labute approximate surface area is 130 Å². The molecule has 1 aromatic carbocycles. The zero-order chi connectivity index (χ0) is 14.2. The van der Waals surface area contributed by atoms with Crippen molar-refractivity contribution in [1.29, 1.82) is 0 Å². The van der Waals surface area contributed by atoms with Gasteiger partial charge in [0.25, 0.3) is 0 Å². The monoisotopic (exact) mass is 299 g/mol. The van der Waals surface area contributed by atoms with Crippen LogP contribution in [0.2, 0.25) is 0 Å². The third-order valence-corrected chi connectivity index (χ3v) is 5.78. The van der Waals surface area contributed by atoms with E-state index in [-0.39, 0.29) is 0 Å².